The van der Waals surface area contributed by atoms with E-state index < -0.39 is 0 Å². The van der Waals surface area contributed by atoms with Gasteiger partial charge in [0.2, 0.25) is 0 Å². The molecule has 0 aliphatic heterocycles. The van der Waals surface area contributed by atoms with Crippen molar-refractivity contribution in [2.45, 2.75) is 6.54 Å². The predicted molar refractivity (Wildman–Crippen MR) is 69.6 cm³/mol. The zero-order valence-corrected chi connectivity index (χ0v) is 9.72. The molecule has 0 aromatic heterocycles. The van der Waals surface area contributed by atoms with Crippen molar-refractivity contribution >= 4 is 5.69 Å². The average molecular weight is 233 g/mol. The summed E-state index contributed by atoms with van der Waals surface area (Å²) in [5, 5.41) is 21.0. The second-order valence-corrected chi connectivity index (χ2v) is 3.82. The highest BCUT2D eigenvalue weighted by Crippen LogP contribution is 2.15. The molecule has 2 aromatic rings. The summed E-state index contributed by atoms with van der Waals surface area (Å²) >= 11 is 0. The molecule has 3 nitrogen and oxygen atoms in total. The first-order valence-electron chi connectivity index (χ1n) is 5.55. The topological polar surface area (TPSA) is 59.6 Å². The zero-order valence-electron chi connectivity index (χ0n) is 9.72. The van der Waals surface area contributed by atoms with Gasteiger partial charge >= 0.3 is 0 Å². The molecule has 0 atom stereocenters. The van der Waals surface area contributed by atoms with Crippen molar-refractivity contribution in [1.82, 2.24) is 0 Å². The number of nitriles is 2. The molecule has 18 heavy (non-hydrogen) atoms. The number of hydrogen-bond donors (Lipinski definition) is 1. The molecule has 0 aliphatic carbocycles. The standard InChI is InChI=1S/C15H11N3/c16-9-12-4-3-5-13(8-12)11-18-15-7-2-1-6-14(15)10-17/h1-8,18H,11H2. The van der Waals surface area contributed by atoms with Crippen molar-refractivity contribution in [3.8, 4) is 12.1 Å². The predicted octanol–water partition coefficient (Wildman–Crippen LogP) is 3.04. The highest BCUT2D eigenvalue weighted by atomic mass is 14.9. The molecule has 0 amide bonds. The summed E-state index contributed by atoms with van der Waals surface area (Å²) < 4.78 is 0. The lowest BCUT2D eigenvalue weighted by Gasteiger charge is -2.08. The third-order valence-corrected chi connectivity index (χ3v) is 2.59. The molecule has 0 heterocycles. The minimum Gasteiger partial charge on any atom is -0.380 e. The molecule has 0 aliphatic rings. The maximum absolute atomic E-state index is 8.96. The molecule has 0 unspecified atom stereocenters. The van der Waals surface area contributed by atoms with Gasteiger partial charge in [0.1, 0.15) is 6.07 Å². The first kappa shape index (κ1) is 11.7. The van der Waals surface area contributed by atoms with Crippen LogP contribution in [0.3, 0.4) is 0 Å². The SMILES string of the molecule is N#Cc1cccc(CNc2ccccc2C#N)c1. The van der Waals surface area contributed by atoms with E-state index in [4.69, 9.17) is 10.5 Å². The molecule has 2 aromatic carbocycles. The minimum atomic E-state index is 0.591. The third kappa shape index (κ3) is 2.66. The summed E-state index contributed by atoms with van der Waals surface area (Å²) in [4.78, 5) is 0. The Hall–Kier alpha value is -2.78. The van der Waals surface area contributed by atoms with E-state index in [0.717, 1.165) is 11.3 Å². The number of rotatable bonds is 3. The van der Waals surface area contributed by atoms with Crippen LogP contribution in [0.15, 0.2) is 48.5 Å². The fourth-order valence-corrected chi connectivity index (χ4v) is 1.68. The first-order valence-corrected chi connectivity index (χ1v) is 5.55. The smallest absolute Gasteiger partial charge is 0.101 e. The zero-order chi connectivity index (χ0) is 12.8. The van der Waals surface area contributed by atoms with Gasteiger partial charge in [-0.2, -0.15) is 10.5 Å². The molecular weight excluding hydrogens is 222 g/mol. The molecular formula is C15H11N3. The molecule has 86 valence electrons. The summed E-state index contributed by atoms with van der Waals surface area (Å²) in [5.41, 5.74) is 3.08. The Labute approximate surface area is 106 Å². The number of nitrogens with one attached hydrogen (secondary N) is 1. The van der Waals surface area contributed by atoms with Crippen LogP contribution in [0, 0.1) is 22.7 Å². The van der Waals surface area contributed by atoms with Crippen LogP contribution in [-0.2, 0) is 6.54 Å². The highest BCUT2D eigenvalue weighted by Gasteiger charge is 2.00. The fraction of sp³-hybridized carbons (Fsp3) is 0.0667. The molecule has 2 rings (SSSR count). The molecule has 0 saturated heterocycles. The van der Waals surface area contributed by atoms with Crippen molar-refractivity contribution in [2.75, 3.05) is 5.32 Å². The van der Waals surface area contributed by atoms with Crippen molar-refractivity contribution in [2.24, 2.45) is 0 Å². The van der Waals surface area contributed by atoms with E-state index in [1.54, 1.807) is 12.1 Å². The molecule has 0 fully saturated rings. The normalized spacial score (nSPS) is 9.22. The van der Waals surface area contributed by atoms with E-state index in [9.17, 15) is 0 Å². The number of hydrogen-bond acceptors (Lipinski definition) is 3. The Morgan fingerprint density at radius 2 is 1.78 bits per heavy atom. The van der Waals surface area contributed by atoms with E-state index in [-0.39, 0.29) is 0 Å². The van der Waals surface area contributed by atoms with Crippen LogP contribution in [0.4, 0.5) is 5.69 Å². The Morgan fingerprint density at radius 1 is 0.944 bits per heavy atom. The first-order chi connectivity index (χ1) is 8.83. The molecule has 1 N–H and O–H groups in total. The summed E-state index contributed by atoms with van der Waals surface area (Å²) in [6, 6.07) is 19.0. The summed E-state index contributed by atoms with van der Waals surface area (Å²) in [6.07, 6.45) is 0. The Bertz CT molecular complexity index is 633. The average Bonchev–Trinajstić information content (AvgIpc) is 2.45. The largest absolute Gasteiger partial charge is 0.380 e. The quantitative estimate of drug-likeness (QED) is 0.886. The monoisotopic (exact) mass is 233 g/mol. The lowest BCUT2D eigenvalue weighted by Crippen LogP contribution is -2.01. The van der Waals surface area contributed by atoms with Crippen molar-refractivity contribution in [1.29, 1.82) is 10.5 Å². The fourth-order valence-electron chi connectivity index (χ4n) is 1.68. The molecule has 0 bridgehead atoms. The van der Waals surface area contributed by atoms with Gasteiger partial charge in [-0.25, -0.2) is 0 Å². The maximum atomic E-state index is 8.96. The lowest BCUT2D eigenvalue weighted by atomic mass is 10.1. The van der Waals surface area contributed by atoms with Gasteiger partial charge in [0.15, 0.2) is 0 Å². The van der Waals surface area contributed by atoms with Gasteiger partial charge in [-0.15, -0.1) is 0 Å². The van der Waals surface area contributed by atoms with Gasteiger partial charge < -0.3 is 5.32 Å². The van der Waals surface area contributed by atoms with Crippen LogP contribution in [-0.4, -0.2) is 0 Å². The van der Waals surface area contributed by atoms with E-state index in [1.807, 2.05) is 36.4 Å². The summed E-state index contributed by atoms with van der Waals surface area (Å²) in [5.74, 6) is 0. The van der Waals surface area contributed by atoms with Gasteiger partial charge in [0, 0.05) is 6.54 Å². The van der Waals surface area contributed by atoms with E-state index in [1.165, 1.54) is 0 Å². The Kier molecular flexibility index (Phi) is 3.59. The van der Waals surface area contributed by atoms with Crippen LogP contribution in [0.25, 0.3) is 0 Å². The lowest BCUT2D eigenvalue weighted by molar-refractivity contribution is 1.14. The maximum Gasteiger partial charge on any atom is 0.101 e. The third-order valence-electron chi connectivity index (χ3n) is 2.59. The molecule has 3 heteroatoms. The van der Waals surface area contributed by atoms with Gasteiger partial charge in [-0.1, -0.05) is 24.3 Å². The van der Waals surface area contributed by atoms with Gasteiger partial charge in [-0.05, 0) is 29.8 Å². The molecule has 0 saturated carbocycles. The summed E-state index contributed by atoms with van der Waals surface area (Å²) in [7, 11) is 0. The number of benzene rings is 2. The van der Waals surface area contributed by atoms with Crippen LogP contribution in [0.1, 0.15) is 16.7 Å². The molecule has 0 radical (unpaired) electrons. The van der Waals surface area contributed by atoms with Crippen LogP contribution in [0.2, 0.25) is 0 Å². The van der Waals surface area contributed by atoms with E-state index >= 15 is 0 Å². The van der Waals surface area contributed by atoms with Crippen molar-refractivity contribution < 1.29 is 0 Å². The molecule has 0 spiro atoms. The van der Waals surface area contributed by atoms with Crippen molar-refractivity contribution in [3.05, 3.63) is 65.2 Å². The van der Waals surface area contributed by atoms with E-state index in [2.05, 4.69) is 17.5 Å². The second kappa shape index (κ2) is 5.52. The van der Waals surface area contributed by atoms with Gasteiger partial charge in [0.05, 0.1) is 22.9 Å². The van der Waals surface area contributed by atoms with Gasteiger partial charge in [0.25, 0.3) is 0 Å². The second-order valence-electron chi connectivity index (χ2n) is 3.82. The van der Waals surface area contributed by atoms with Crippen LogP contribution >= 0.6 is 0 Å². The van der Waals surface area contributed by atoms with Crippen LogP contribution < -0.4 is 5.32 Å². The number of nitrogens with zero attached hydrogens (tertiary/aromatic N) is 2. The number of anilines is 1. The van der Waals surface area contributed by atoms with E-state index in [0.29, 0.717) is 17.7 Å². The highest BCUT2D eigenvalue weighted by molar-refractivity contribution is 5.57. The van der Waals surface area contributed by atoms with Gasteiger partial charge in [-0.3, -0.25) is 0 Å². The Morgan fingerprint density at radius 3 is 2.56 bits per heavy atom. The van der Waals surface area contributed by atoms with Crippen molar-refractivity contribution in [3.63, 3.8) is 0 Å². The number of para-hydroxylation sites is 1. The minimum absolute atomic E-state index is 0.591. The summed E-state index contributed by atoms with van der Waals surface area (Å²) in [6.45, 7) is 0.591. The van der Waals surface area contributed by atoms with Crippen LogP contribution in [0.5, 0.6) is 0 Å². The Balaban J connectivity index is 2.12.